The summed E-state index contributed by atoms with van der Waals surface area (Å²) in [5, 5.41) is 10.7. The first-order valence-electron chi connectivity index (χ1n) is 4.09. The number of sulfone groups is 1. The first-order chi connectivity index (χ1) is 7.27. The first-order valence-corrected chi connectivity index (χ1v) is 5.98. The summed E-state index contributed by atoms with van der Waals surface area (Å²) in [6.45, 7) is 0. The molecule has 0 aromatic heterocycles. The zero-order valence-corrected chi connectivity index (χ0v) is 9.45. The highest BCUT2D eigenvalue weighted by Gasteiger charge is 2.22. The Morgan fingerprint density at radius 2 is 2.00 bits per heavy atom. The van der Waals surface area contributed by atoms with Gasteiger partial charge >= 0.3 is 5.69 Å². The highest BCUT2D eigenvalue weighted by Crippen LogP contribution is 2.33. The molecule has 1 aromatic rings. The van der Waals surface area contributed by atoms with E-state index in [0.29, 0.717) is 0 Å². The smallest absolute Gasteiger partial charge is 0.312 e. The summed E-state index contributed by atoms with van der Waals surface area (Å²) in [5.41, 5.74) is 4.96. The van der Waals surface area contributed by atoms with Crippen LogP contribution in [0.4, 0.5) is 11.4 Å². The number of nitrogens with two attached hydrogens (primary N) is 1. The molecular weight excluding hydrogens is 236 g/mol. The van der Waals surface area contributed by atoms with Crippen molar-refractivity contribution in [2.24, 2.45) is 0 Å². The number of rotatable bonds is 3. The van der Waals surface area contributed by atoms with Crippen LogP contribution in [0.15, 0.2) is 17.0 Å². The number of nitrogen functional groups attached to an aromatic ring is 1. The predicted octanol–water partition coefficient (Wildman–Crippen LogP) is 0.589. The molecule has 0 amide bonds. The molecule has 0 aliphatic heterocycles. The Morgan fingerprint density at radius 3 is 2.38 bits per heavy atom. The van der Waals surface area contributed by atoms with E-state index in [2.05, 4.69) is 0 Å². The normalized spacial score (nSPS) is 11.1. The maximum absolute atomic E-state index is 11.3. The van der Waals surface area contributed by atoms with Crippen molar-refractivity contribution in [1.82, 2.24) is 0 Å². The predicted molar refractivity (Wildman–Crippen MR) is 57.2 cm³/mol. The lowest BCUT2D eigenvalue weighted by Gasteiger charge is -2.06. The lowest BCUT2D eigenvalue weighted by Crippen LogP contribution is -2.05. The van der Waals surface area contributed by atoms with Gasteiger partial charge in [0, 0.05) is 18.4 Å². The van der Waals surface area contributed by atoms with E-state index in [1.54, 1.807) is 0 Å². The maximum atomic E-state index is 11.3. The zero-order chi connectivity index (χ0) is 12.5. The molecule has 0 unspecified atom stereocenters. The van der Waals surface area contributed by atoms with Crippen molar-refractivity contribution < 1.29 is 18.1 Å². The summed E-state index contributed by atoms with van der Waals surface area (Å²) < 4.78 is 27.3. The van der Waals surface area contributed by atoms with Gasteiger partial charge in [-0.05, 0) is 0 Å². The summed E-state index contributed by atoms with van der Waals surface area (Å²) in [4.78, 5) is 9.65. The molecule has 0 radical (unpaired) electrons. The molecule has 0 saturated carbocycles. The van der Waals surface area contributed by atoms with Gasteiger partial charge in [-0.2, -0.15) is 0 Å². The van der Waals surface area contributed by atoms with E-state index in [9.17, 15) is 18.5 Å². The quantitative estimate of drug-likeness (QED) is 0.474. The van der Waals surface area contributed by atoms with E-state index in [-0.39, 0.29) is 16.3 Å². The Balaban J connectivity index is 3.58. The third-order valence-corrected chi connectivity index (χ3v) is 3.06. The third-order valence-electron chi connectivity index (χ3n) is 1.91. The number of hydrogen-bond acceptors (Lipinski definition) is 6. The van der Waals surface area contributed by atoms with Crippen LogP contribution in [0.1, 0.15) is 0 Å². The lowest BCUT2D eigenvalue weighted by atomic mass is 10.2. The van der Waals surface area contributed by atoms with Crippen LogP contribution in [-0.2, 0) is 9.84 Å². The van der Waals surface area contributed by atoms with E-state index in [4.69, 9.17) is 10.5 Å². The molecule has 1 aromatic carbocycles. The van der Waals surface area contributed by atoms with Gasteiger partial charge in [0.05, 0.1) is 22.6 Å². The number of ether oxygens (including phenoxy) is 1. The number of benzene rings is 1. The van der Waals surface area contributed by atoms with Gasteiger partial charge in [-0.1, -0.05) is 0 Å². The van der Waals surface area contributed by atoms with Crippen molar-refractivity contribution in [3.05, 3.63) is 22.2 Å². The monoisotopic (exact) mass is 246 g/mol. The van der Waals surface area contributed by atoms with Crippen molar-refractivity contribution in [1.29, 1.82) is 0 Å². The van der Waals surface area contributed by atoms with Crippen molar-refractivity contribution in [3.63, 3.8) is 0 Å². The summed E-state index contributed by atoms with van der Waals surface area (Å²) in [6, 6.07) is 2.01. The van der Waals surface area contributed by atoms with Gasteiger partial charge in [-0.3, -0.25) is 10.1 Å². The molecule has 2 N–H and O–H groups in total. The van der Waals surface area contributed by atoms with Crippen LogP contribution in [0.5, 0.6) is 5.75 Å². The minimum absolute atomic E-state index is 0.0742. The Kier molecular flexibility index (Phi) is 3.04. The van der Waals surface area contributed by atoms with E-state index < -0.39 is 20.4 Å². The van der Waals surface area contributed by atoms with Gasteiger partial charge in [0.2, 0.25) is 0 Å². The van der Waals surface area contributed by atoms with E-state index >= 15 is 0 Å². The SMILES string of the molecule is COc1cc(N)c(S(C)(=O)=O)cc1[N+](=O)[O-]. The molecule has 8 heteroatoms. The fourth-order valence-electron chi connectivity index (χ4n) is 1.19. The van der Waals surface area contributed by atoms with Crippen molar-refractivity contribution >= 4 is 21.2 Å². The number of nitro groups is 1. The number of nitro benzene ring substituents is 1. The maximum Gasteiger partial charge on any atom is 0.312 e. The van der Waals surface area contributed by atoms with E-state index in [1.807, 2.05) is 0 Å². The molecule has 0 spiro atoms. The van der Waals surface area contributed by atoms with Gasteiger partial charge in [0.15, 0.2) is 15.6 Å². The first kappa shape index (κ1) is 12.2. The Labute approximate surface area is 91.9 Å². The van der Waals surface area contributed by atoms with Crippen molar-refractivity contribution in [2.45, 2.75) is 4.90 Å². The third kappa shape index (κ3) is 2.22. The van der Waals surface area contributed by atoms with Gasteiger partial charge in [-0.25, -0.2) is 8.42 Å². The van der Waals surface area contributed by atoms with Crippen LogP contribution in [0, 0.1) is 10.1 Å². The minimum Gasteiger partial charge on any atom is -0.490 e. The fraction of sp³-hybridized carbons (Fsp3) is 0.250. The minimum atomic E-state index is -3.60. The topological polar surface area (TPSA) is 113 Å². The van der Waals surface area contributed by atoms with Crippen LogP contribution in [0.3, 0.4) is 0 Å². The molecule has 88 valence electrons. The lowest BCUT2D eigenvalue weighted by molar-refractivity contribution is -0.386. The largest absolute Gasteiger partial charge is 0.490 e. The standard InChI is InChI=1S/C8H10N2O5S/c1-15-7-3-5(9)8(16(2,13)14)4-6(7)10(11)12/h3-4H,9H2,1-2H3. The van der Waals surface area contributed by atoms with Crippen LogP contribution in [0.2, 0.25) is 0 Å². The van der Waals surface area contributed by atoms with Gasteiger partial charge in [0.1, 0.15) is 0 Å². The van der Waals surface area contributed by atoms with Crippen LogP contribution >= 0.6 is 0 Å². The van der Waals surface area contributed by atoms with E-state index in [1.165, 1.54) is 7.11 Å². The molecule has 0 aliphatic carbocycles. The molecule has 0 atom stereocenters. The Hall–Kier alpha value is -1.83. The summed E-state index contributed by atoms with van der Waals surface area (Å²) in [7, 11) is -2.36. The van der Waals surface area contributed by atoms with Crippen molar-refractivity contribution in [2.75, 3.05) is 19.1 Å². The summed E-state index contributed by atoms with van der Waals surface area (Å²) in [6.07, 6.45) is 0.925. The second kappa shape index (κ2) is 3.97. The van der Waals surface area contributed by atoms with Crippen LogP contribution in [0.25, 0.3) is 0 Å². The molecular formula is C8H10N2O5S. The van der Waals surface area contributed by atoms with Gasteiger partial charge in [0.25, 0.3) is 0 Å². The molecule has 0 bridgehead atoms. The van der Waals surface area contributed by atoms with Gasteiger partial charge in [-0.15, -0.1) is 0 Å². The Bertz CT molecular complexity index is 538. The molecule has 0 heterocycles. The van der Waals surface area contributed by atoms with Crippen LogP contribution in [-0.4, -0.2) is 26.7 Å². The number of nitrogens with zero attached hydrogens (tertiary/aromatic N) is 1. The second-order valence-corrected chi connectivity index (χ2v) is 5.08. The number of anilines is 1. The zero-order valence-electron chi connectivity index (χ0n) is 8.63. The van der Waals surface area contributed by atoms with E-state index in [0.717, 1.165) is 18.4 Å². The summed E-state index contributed by atoms with van der Waals surface area (Å²) in [5.74, 6) is -0.0742. The van der Waals surface area contributed by atoms with Crippen LogP contribution < -0.4 is 10.5 Å². The number of hydrogen-bond donors (Lipinski definition) is 1. The average Bonchev–Trinajstić information content (AvgIpc) is 2.14. The highest BCUT2D eigenvalue weighted by atomic mass is 32.2. The molecule has 0 fully saturated rings. The Morgan fingerprint density at radius 1 is 1.44 bits per heavy atom. The number of methoxy groups -OCH3 is 1. The molecule has 7 nitrogen and oxygen atoms in total. The molecule has 1 rings (SSSR count). The van der Waals surface area contributed by atoms with Crippen molar-refractivity contribution in [3.8, 4) is 5.75 Å². The molecule has 0 saturated heterocycles. The fourth-order valence-corrected chi connectivity index (χ4v) is 2.01. The second-order valence-electron chi connectivity index (χ2n) is 3.09. The van der Waals surface area contributed by atoms with Gasteiger partial charge < -0.3 is 10.5 Å². The molecule has 0 aliphatic rings. The highest BCUT2D eigenvalue weighted by molar-refractivity contribution is 7.90. The average molecular weight is 246 g/mol. The molecule has 16 heavy (non-hydrogen) atoms. The summed E-state index contributed by atoms with van der Waals surface area (Å²) >= 11 is 0.